The molecule has 1 fully saturated rings. The first kappa shape index (κ1) is 16.8. The van der Waals surface area contributed by atoms with Crippen LogP contribution in [0.5, 0.6) is 0 Å². The molecule has 0 spiro atoms. The highest BCUT2D eigenvalue weighted by molar-refractivity contribution is 5.77. The van der Waals surface area contributed by atoms with Crippen molar-refractivity contribution in [3.05, 3.63) is 0 Å². The molecule has 0 atom stereocenters. The van der Waals surface area contributed by atoms with Gasteiger partial charge in [0.2, 0.25) is 0 Å². The molecule has 1 heterocycles. The lowest BCUT2D eigenvalue weighted by Gasteiger charge is -2.38. The number of nitrogens with one attached hydrogen (secondary N) is 1. The molecule has 0 aromatic carbocycles. The highest BCUT2D eigenvalue weighted by Gasteiger charge is 2.40. The average molecular weight is 284 g/mol. The number of carbonyl (C=O) groups excluding carboxylic acids is 1. The normalized spacial score (nSPS) is 18.7. The van der Waals surface area contributed by atoms with E-state index >= 15 is 0 Å². The van der Waals surface area contributed by atoms with Gasteiger partial charge in [-0.2, -0.15) is 0 Å². The molecule has 20 heavy (non-hydrogen) atoms. The Morgan fingerprint density at radius 3 is 2.20 bits per heavy atom. The van der Waals surface area contributed by atoms with Gasteiger partial charge in [-0.15, -0.1) is 0 Å². The summed E-state index contributed by atoms with van der Waals surface area (Å²) in [5, 5.41) is 12.3. The molecule has 0 saturated carbocycles. The second-order valence-electron chi connectivity index (χ2n) is 6.60. The number of carboxylic acids is 1. The fourth-order valence-electron chi connectivity index (χ4n) is 2.41. The summed E-state index contributed by atoms with van der Waals surface area (Å²) in [6, 6.07) is -0.0679. The lowest BCUT2D eigenvalue weighted by molar-refractivity contribution is -0.151. The Morgan fingerprint density at radius 2 is 1.80 bits per heavy atom. The number of hydrogen-bond donors (Lipinski definition) is 2. The minimum atomic E-state index is -0.729. The molecule has 0 aromatic heterocycles. The maximum atomic E-state index is 12.1. The predicted octanol–water partition coefficient (Wildman–Crippen LogP) is 2.71. The molecule has 1 aliphatic rings. The number of rotatable bonds is 5. The average Bonchev–Trinajstić information content (AvgIpc) is 2.44. The van der Waals surface area contributed by atoms with E-state index in [2.05, 4.69) is 26.1 Å². The Kier molecular flexibility index (Phi) is 5.42. The second-order valence-corrected chi connectivity index (χ2v) is 6.60. The van der Waals surface area contributed by atoms with Gasteiger partial charge in [-0.3, -0.25) is 4.79 Å². The van der Waals surface area contributed by atoms with Crippen molar-refractivity contribution in [1.29, 1.82) is 0 Å². The SMILES string of the molecule is CCC(C)(C)CNC(=O)N1CCC(CC)(C(=O)O)CC1. The van der Waals surface area contributed by atoms with Crippen molar-refractivity contribution >= 4 is 12.0 Å². The molecule has 0 aromatic rings. The van der Waals surface area contributed by atoms with Gasteiger partial charge in [0, 0.05) is 19.6 Å². The molecule has 2 amide bonds. The predicted molar refractivity (Wildman–Crippen MR) is 78.6 cm³/mol. The van der Waals surface area contributed by atoms with Gasteiger partial charge in [0.15, 0.2) is 0 Å². The van der Waals surface area contributed by atoms with Gasteiger partial charge in [-0.05, 0) is 31.1 Å². The van der Waals surface area contributed by atoms with Crippen molar-refractivity contribution in [2.45, 2.75) is 53.4 Å². The van der Waals surface area contributed by atoms with Crippen LogP contribution >= 0.6 is 0 Å². The molecule has 116 valence electrons. The molecule has 5 heteroatoms. The zero-order valence-electron chi connectivity index (χ0n) is 13.2. The maximum absolute atomic E-state index is 12.1. The third kappa shape index (κ3) is 3.87. The number of likely N-dealkylation sites (tertiary alicyclic amines) is 1. The van der Waals surface area contributed by atoms with Crippen LogP contribution in [0.4, 0.5) is 4.79 Å². The number of hydrogen-bond acceptors (Lipinski definition) is 2. The monoisotopic (exact) mass is 284 g/mol. The summed E-state index contributed by atoms with van der Waals surface area (Å²) >= 11 is 0. The Bertz CT molecular complexity index is 358. The quantitative estimate of drug-likeness (QED) is 0.815. The van der Waals surface area contributed by atoms with Gasteiger partial charge in [0.25, 0.3) is 0 Å². The lowest BCUT2D eigenvalue weighted by Crippen LogP contribution is -2.50. The van der Waals surface area contributed by atoms with E-state index in [9.17, 15) is 14.7 Å². The van der Waals surface area contributed by atoms with E-state index in [1.807, 2.05) is 6.92 Å². The summed E-state index contributed by atoms with van der Waals surface area (Å²) in [6.07, 6.45) is 2.72. The van der Waals surface area contributed by atoms with Crippen LogP contribution in [0.1, 0.15) is 53.4 Å². The summed E-state index contributed by atoms with van der Waals surface area (Å²) in [5.41, 5.74) is -0.543. The Hall–Kier alpha value is -1.26. The summed E-state index contributed by atoms with van der Waals surface area (Å²) < 4.78 is 0. The molecule has 0 unspecified atom stereocenters. The summed E-state index contributed by atoms with van der Waals surface area (Å²) in [7, 11) is 0. The van der Waals surface area contributed by atoms with Gasteiger partial charge < -0.3 is 15.3 Å². The van der Waals surface area contributed by atoms with Crippen LogP contribution in [0.3, 0.4) is 0 Å². The Balaban J connectivity index is 2.49. The van der Waals surface area contributed by atoms with Crippen molar-refractivity contribution in [2.75, 3.05) is 19.6 Å². The topological polar surface area (TPSA) is 69.6 Å². The van der Waals surface area contributed by atoms with Crippen LogP contribution in [0, 0.1) is 10.8 Å². The first-order valence-electron chi connectivity index (χ1n) is 7.52. The van der Waals surface area contributed by atoms with Crippen LogP contribution in [0.2, 0.25) is 0 Å². The van der Waals surface area contributed by atoms with E-state index in [0.717, 1.165) is 6.42 Å². The number of piperidine rings is 1. The number of carbonyl (C=O) groups is 2. The standard InChI is InChI=1S/C15H28N2O3/c1-5-14(3,4)11-16-13(20)17-9-7-15(6-2,8-10-17)12(18)19/h5-11H2,1-4H3,(H,16,20)(H,18,19). The van der Waals surface area contributed by atoms with Crippen LogP contribution in [0.25, 0.3) is 0 Å². The molecule has 1 aliphatic heterocycles. The van der Waals surface area contributed by atoms with E-state index in [0.29, 0.717) is 38.9 Å². The van der Waals surface area contributed by atoms with E-state index in [4.69, 9.17) is 0 Å². The minimum absolute atomic E-state index is 0.0679. The lowest BCUT2D eigenvalue weighted by atomic mass is 9.76. The first-order chi connectivity index (χ1) is 9.26. The van der Waals surface area contributed by atoms with Crippen LogP contribution in [0.15, 0.2) is 0 Å². The molecule has 0 aliphatic carbocycles. The molecule has 0 radical (unpaired) electrons. The third-order valence-corrected chi connectivity index (χ3v) is 4.81. The molecular formula is C15H28N2O3. The molecule has 1 rings (SSSR count). The third-order valence-electron chi connectivity index (χ3n) is 4.81. The molecule has 0 bridgehead atoms. The van der Waals surface area contributed by atoms with Crippen LogP contribution < -0.4 is 5.32 Å². The Labute approximate surface area is 121 Å². The zero-order chi connectivity index (χ0) is 15.4. The number of amides is 2. The van der Waals surface area contributed by atoms with Gasteiger partial charge >= 0.3 is 12.0 Å². The van der Waals surface area contributed by atoms with E-state index in [1.54, 1.807) is 4.90 Å². The van der Waals surface area contributed by atoms with Crippen molar-refractivity contribution in [1.82, 2.24) is 10.2 Å². The summed E-state index contributed by atoms with van der Waals surface area (Å²) in [6.45, 7) is 9.96. The van der Waals surface area contributed by atoms with Crippen molar-refractivity contribution in [2.24, 2.45) is 10.8 Å². The molecule has 5 nitrogen and oxygen atoms in total. The number of carboxylic acid groups (broad SMARTS) is 1. The summed E-state index contributed by atoms with van der Waals surface area (Å²) in [5.74, 6) is -0.729. The van der Waals surface area contributed by atoms with Crippen molar-refractivity contribution in [3.63, 3.8) is 0 Å². The number of nitrogens with zero attached hydrogens (tertiary/aromatic N) is 1. The molecule has 2 N–H and O–H groups in total. The van der Waals surface area contributed by atoms with Gasteiger partial charge in [-0.1, -0.05) is 27.7 Å². The van der Waals surface area contributed by atoms with Crippen LogP contribution in [-0.4, -0.2) is 41.6 Å². The fraction of sp³-hybridized carbons (Fsp3) is 0.867. The molecule has 1 saturated heterocycles. The van der Waals surface area contributed by atoms with Gasteiger partial charge in [-0.25, -0.2) is 4.79 Å². The summed E-state index contributed by atoms with van der Waals surface area (Å²) in [4.78, 5) is 25.2. The first-order valence-corrected chi connectivity index (χ1v) is 7.52. The van der Waals surface area contributed by atoms with Crippen molar-refractivity contribution in [3.8, 4) is 0 Å². The number of urea groups is 1. The number of aliphatic carboxylic acids is 1. The van der Waals surface area contributed by atoms with E-state index in [-0.39, 0.29) is 11.4 Å². The van der Waals surface area contributed by atoms with E-state index in [1.165, 1.54) is 0 Å². The zero-order valence-corrected chi connectivity index (χ0v) is 13.2. The fourth-order valence-corrected chi connectivity index (χ4v) is 2.41. The second kappa shape index (κ2) is 6.46. The van der Waals surface area contributed by atoms with Crippen molar-refractivity contribution < 1.29 is 14.7 Å². The molecular weight excluding hydrogens is 256 g/mol. The largest absolute Gasteiger partial charge is 0.481 e. The smallest absolute Gasteiger partial charge is 0.317 e. The van der Waals surface area contributed by atoms with E-state index < -0.39 is 11.4 Å². The maximum Gasteiger partial charge on any atom is 0.317 e. The Morgan fingerprint density at radius 1 is 1.25 bits per heavy atom. The minimum Gasteiger partial charge on any atom is -0.481 e. The highest BCUT2D eigenvalue weighted by Crippen LogP contribution is 2.35. The highest BCUT2D eigenvalue weighted by atomic mass is 16.4. The van der Waals surface area contributed by atoms with Crippen LogP contribution in [-0.2, 0) is 4.79 Å². The van der Waals surface area contributed by atoms with Gasteiger partial charge in [0.05, 0.1) is 5.41 Å². The van der Waals surface area contributed by atoms with Gasteiger partial charge in [0.1, 0.15) is 0 Å².